The van der Waals surface area contributed by atoms with Crippen molar-refractivity contribution >= 4 is 17.3 Å². The van der Waals surface area contributed by atoms with Crippen molar-refractivity contribution in [2.24, 2.45) is 5.84 Å². The van der Waals surface area contributed by atoms with Gasteiger partial charge in [0.2, 0.25) is 0 Å². The summed E-state index contributed by atoms with van der Waals surface area (Å²) in [7, 11) is 2.98. The van der Waals surface area contributed by atoms with Crippen LogP contribution in [0.3, 0.4) is 0 Å². The Balaban J connectivity index is 2.37. The lowest BCUT2D eigenvalue weighted by atomic mass is 10.2. The third kappa shape index (κ3) is 3.29. The van der Waals surface area contributed by atoms with Crippen molar-refractivity contribution in [3.05, 3.63) is 35.9 Å². The van der Waals surface area contributed by atoms with E-state index in [1.165, 1.54) is 14.2 Å². The molecule has 2 aromatic rings. The Morgan fingerprint density at radius 3 is 2.05 bits per heavy atom. The molecule has 4 N–H and O–H groups in total. The Morgan fingerprint density at radius 2 is 1.52 bits per heavy atom. The molecule has 112 valence electrons. The summed E-state index contributed by atoms with van der Waals surface area (Å²) in [6, 6.07) is 5.57. The zero-order chi connectivity index (χ0) is 15.4. The van der Waals surface area contributed by atoms with Gasteiger partial charge in [-0.05, 0) is 0 Å². The number of nitrogens with two attached hydrogens (primary N) is 1. The fourth-order valence-electron chi connectivity index (χ4n) is 1.67. The first-order valence-corrected chi connectivity index (χ1v) is 5.90. The molecule has 0 unspecified atom stereocenters. The van der Waals surface area contributed by atoms with E-state index >= 15 is 0 Å². The van der Waals surface area contributed by atoms with Gasteiger partial charge in [-0.25, -0.2) is 19.6 Å². The van der Waals surface area contributed by atoms with E-state index in [0.717, 1.165) is 0 Å². The summed E-state index contributed by atoms with van der Waals surface area (Å²) in [5, 5.41) is 2.72. The van der Waals surface area contributed by atoms with Gasteiger partial charge in [0.25, 0.3) is 0 Å². The summed E-state index contributed by atoms with van der Waals surface area (Å²) < 4.78 is 37.2. The maximum atomic E-state index is 13.7. The first-order valence-electron chi connectivity index (χ1n) is 5.90. The van der Waals surface area contributed by atoms with Gasteiger partial charge in [0.05, 0.1) is 14.2 Å². The highest BCUT2D eigenvalue weighted by molar-refractivity contribution is 5.62. The number of ether oxygens (including phenoxy) is 2. The number of hydrogen-bond acceptors (Lipinski definition) is 6. The Labute approximate surface area is 119 Å². The van der Waals surface area contributed by atoms with Crippen LogP contribution in [0.1, 0.15) is 0 Å². The summed E-state index contributed by atoms with van der Waals surface area (Å²) in [6.45, 7) is 0. The van der Waals surface area contributed by atoms with Crippen molar-refractivity contribution in [1.29, 1.82) is 0 Å². The number of benzene rings is 1. The molecule has 21 heavy (non-hydrogen) atoms. The molecule has 2 rings (SSSR count). The van der Waals surface area contributed by atoms with Gasteiger partial charge >= 0.3 is 0 Å². The van der Waals surface area contributed by atoms with Gasteiger partial charge in [-0.3, -0.25) is 0 Å². The summed E-state index contributed by atoms with van der Waals surface area (Å²) in [5.74, 6) is 3.94. The molecule has 0 fully saturated rings. The lowest BCUT2D eigenvalue weighted by Crippen LogP contribution is -2.12. The minimum absolute atomic E-state index is 0.181. The molecule has 6 nitrogen and oxygen atoms in total. The van der Waals surface area contributed by atoms with Gasteiger partial charge in [-0.15, -0.1) is 0 Å². The van der Waals surface area contributed by atoms with Crippen molar-refractivity contribution in [2.45, 2.75) is 0 Å². The number of anilines is 3. The Kier molecular flexibility index (Phi) is 4.39. The first kappa shape index (κ1) is 14.8. The van der Waals surface area contributed by atoms with Crippen molar-refractivity contribution in [1.82, 2.24) is 4.98 Å². The molecule has 0 amide bonds. The van der Waals surface area contributed by atoms with Crippen LogP contribution in [0.5, 0.6) is 11.5 Å². The average Bonchev–Trinajstić information content (AvgIpc) is 2.49. The predicted octanol–water partition coefficient (Wildman–Crippen LogP) is 2.41. The monoisotopic (exact) mass is 296 g/mol. The Morgan fingerprint density at radius 1 is 0.952 bits per heavy atom. The summed E-state index contributed by atoms with van der Waals surface area (Å²) in [4.78, 5) is 3.72. The number of hydrazine groups is 1. The van der Waals surface area contributed by atoms with Crippen LogP contribution in [0.2, 0.25) is 0 Å². The van der Waals surface area contributed by atoms with Gasteiger partial charge in [0, 0.05) is 30.0 Å². The highest BCUT2D eigenvalue weighted by Gasteiger charge is 2.12. The van der Waals surface area contributed by atoms with Crippen LogP contribution in [-0.2, 0) is 0 Å². The molecule has 1 aromatic heterocycles. The molecule has 0 saturated heterocycles. The van der Waals surface area contributed by atoms with Gasteiger partial charge in [0.1, 0.15) is 11.5 Å². The molecule has 0 aliphatic rings. The van der Waals surface area contributed by atoms with E-state index in [4.69, 9.17) is 15.3 Å². The van der Waals surface area contributed by atoms with Gasteiger partial charge in [-0.2, -0.15) is 0 Å². The topological polar surface area (TPSA) is 81.4 Å². The first-order chi connectivity index (χ1) is 10.1. The van der Waals surface area contributed by atoms with Crippen LogP contribution in [0.15, 0.2) is 24.3 Å². The number of nitrogens with zero attached hydrogens (tertiary/aromatic N) is 1. The number of nitrogens with one attached hydrogen (secondary N) is 2. The van der Waals surface area contributed by atoms with Crippen molar-refractivity contribution in [3.8, 4) is 11.5 Å². The zero-order valence-electron chi connectivity index (χ0n) is 11.4. The molecule has 8 heteroatoms. The number of methoxy groups -OCH3 is 2. The highest BCUT2D eigenvalue weighted by atomic mass is 19.1. The number of pyridine rings is 1. The third-order valence-electron chi connectivity index (χ3n) is 2.68. The van der Waals surface area contributed by atoms with Crippen LogP contribution in [0, 0.1) is 11.6 Å². The van der Waals surface area contributed by atoms with E-state index in [1.54, 1.807) is 18.2 Å². The maximum absolute atomic E-state index is 13.7. The van der Waals surface area contributed by atoms with E-state index in [-0.39, 0.29) is 11.6 Å². The molecule has 0 spiro atoms. The van der Waals surface area contributed by atoms with E-state index in [9.17, 15) is 8.78 Å². The standard InChI is InChI=1S/C13H14F2N4O2/c1-20-8-3-7(4-9(5-8)21-2)17-12-10(14)6-11(15)13(18-12)19-16/h3-6H,16H2,1-2H3,(H2,17,18,19). The van der Waals surface area contributed by atoms with Gasteiger partial charge in [0.15, 0.2) is 23.3 Å². The largest absolute Gasteiger partial charge is 0.497 e. The van der Waals surface area contributed by atoms with Crippen LogP contribution >= 0.6 is 0 Å². The SMILES string of the molecule is COc1cc(Nc2nc(NN)c(F)cc2F)cc(OC)c1. The molecule has 1 heterocycles. The fraction of sp³-hybridized carbons (Fsp3) is 0.154. The summed E-state index contributed by atoms with van der Waals surface area (Å²) >= 11 is 0. The van der Waals surface area contributed by atoms with Crippen LogP contribution < -0.4 is 26.1 Å². The molecular weight excluding hydrogens is 282 g/mol. The molecule has 0 aliphatic heterocycles. The molecule has 0 aliphatic carbocycles. The second-order valence-electron chi connectivity index (χ2n) is 4.02. The average molecular weight is 296 g/mol. The molecular formula is C13H14F2N4O2. The smallest absolute Gasteiger partial charge is 0.178 e. The molecule has 0 bridgehead atoms. The van der Waals surface area contributed by atoms with Crippen LogP contribution in [-0.4, -0.2) is 19.2 Å². The normalized spacial score (nSPS) is 10.1. The lowest BCUT2D eigenvalue weighted by Gasteiger charge is -2.12. The lowest BCUT2D eigenvalue weighted by molar-refractivity contribution is 0.395. The fourth-order valence-corrected chi connectivity index (χ4v) is 1.67. The van der Waals surface area contributed by atoms with Crippen molar-refractivity contribution in [2.75, 3.05) is 25.0 Å². The molecule has 0 radical (unpaired) electrons. The van der Waals surface area contributed by atoms with E-state index < -0.39 is 11.6 Å². The second kappa shape index (κ2) is 6.23. The predicted molar refractivity (Wildman–Crippen MR) is 74.8 cm³/mol. The van der Waals surface area contributed by atoms with E-state index in [1.807, 2.05) is 0 Å². The number of rotatable bonds is 5. The quantitative estimate of drug-likeness (QED) is 0.580. The van der Waals surface area contributed by atoms with E-state index in [0.29, 0.717) is 23.3 Å². The summed E-state index contributed by atoms with van der Waals surface area (Å²) in [5.41, 5.74) is 2.52. The van der Waals surface area contributed by atoms with Gasteiger partial charge in [-0.1, -0.05) is 0 Å². The van der Waals surface area contributed by atoms with Crippen LogP contribution in [0.4, 0.5) is 26.1 Å². The minimum atomic E-state index is -0.885. The zero-order valence-corrected chi connectivity index (χ0v) is 11.4. The molecule has 0 atom stereocenters. The third-order valence-corrected chi connectivity index (χ3v) is 2.68. The minimum Gasteiger partial charge on any atom is -0.497 e. The van der Waals surface area contributed by atoms with Crippen molar-refractivity contribution < 1.29 is 18.3 Å². The van der Waals surface area contributed by atoms with Crippen LogP contribution in [0.25, 0.3) is 0 Å². The number of hydrogen-bond donors (Lipinski definition) is 3. The summed E-state index contributed by atoms with van der Waals surface area (Å²) in [6.07, 6.45) is 0. The number of nitrogen functional groups attached to an aromatic ring is 1. The molecule has 1 aromatic carbocycles. The van der Waals surface area contributed by atoms with E-state index in [2.05, 4.69) is 15.7 Å². The number of halogens is 2. The molecule has 0 saturated carbocycles. The highest BCUT2D eigenvalue weighted by Crippen LogP contribution is 2.29. The second-order valence-corrected chi connectivity index (χ2v) is 4.02. The number of aromatic nitrogens is 1. The Hall–Kier alpha value is -2.61. The van der Waals surface area contributed by atoms with Gasteiger partial charge < -0.3 is 20.2 Å². The Bertz CT molecular complexity index is 630. The van der Waals surface area contributed by atoms with Crippen molar-refractivity contribution in [3.63, 3.8) is 0 Å². The maximum Gasteiger partial charge on any atom is 0.178 e.